The molecule has 1 aliphatic carbocycles. The fraction of sp³-hybridized carbons (Fsp3) is 0.0556. The Kier molecular flexibility index (Phi) is 8.02. The van der Waals surface area contributed by atoms with Crippen LogP contribution in [0.15, 0.2) is 188 Å². The lowest BCUT2D eigenvalue weighted by Gasteiger charge is -2.21. The van der Waals surface area contributed by atoms with E-state index in [1.54, 1.807) is 0 Å². The molecule has 11 rings (SSSR count). The fourth-order valence-corrected chi connectivity index (χ4v) is 10.1. The summed E-state index contributed by atoms with van der Waals surface area (Å²) in [6.45, 7) is 4.62. The molecule has 0 saturated carbocycles. The van der Waals surface area contributed by atoms with Crippen LogP contribution in [0.5, 0.6) is 0 Å². The largest absolute Gasteiger partial charge is 0.208 e. The Labute approximate surface area is 342 Å². The zero-order chi connectivity index (χ0) is 38.8. The van der Waals surface area contributed by atoms with Crippen molar-refractivity contribution < 1.29 is 0 Å². The van der Waals surface area contributed by atoms with Gasteiger partial charge in [-0.15, -0.1) is 11.3 Å². The molecule has 1 aliphatic rings. The van der Waals surface area contributed by atoms with Crippen LogP contribution in [0.25, 0.3) is 98.8 Å². The number of nitrogens with zero attached hydrogens (tertiary/aromatic N) is 3. The summed E-state index contributed by atoms with van der Waals surface area (Å²) < 4.78 is 2.61. The molecule has 0 atom stereocenters. The first-order valence-electron chi connectivity index (χ1n) is 19.8. The zero-order valence-corrected chi connectivity index (χ0v) is 33.0. The van der Waals surface area contributed by atoms with E-state index in [0.29, 0.717) is 17.5 Å². The molecular weight excluding hydrogens is 723 g/mol. The van der Waals surface area contributed by atoms with Crippen LogP contribution < -0.4 is 0 Å². The summed E-state index contributed by atoms with van der Waals surface area (Å²) in [6, 6.07) is 67.2. The number of benzene rings is 8. The van der Waals surface area contributed by atoms with Gasteiger partial charge in [-0.05, 0) is 73.8 Å². The van der Waals surface area contributed by atoms with Gasteiger partial charge in [0.05, 0.1) is 0 Å². The minimum atomic E-state index is -0.143. The van der Waals surface area contributed by atoms with Crippen LogP contribution in [0.2, 0.25) is 0 Å². The van der Waals surface area contributed by atoms with Crippen LogP contribution in [0.1, 0.15) is 25.0 Å². The third-order valence-electron chi connectivity index (χ3n) is 11.8. The quantitative estimate of drug-likeness (QED) is 0.169. The van der Waals surface area contributed by atoms with Gasteiger partial charge in [0.1, 0.15) is 0 Å². The second-order valence-corrected chi connectivity index (χ2v) is 16.6. The highest BCUT2D eigenvalue weighted by molar-refractivity contribution is 7.26. The lowest BCUT2D eigenvalue weighted by Crippen LogP contribution is -2.14. The Bertz CT molecular complexity index is 3200. The van der Waals surface area contributed by atoms with Crippen molar-refractivity contribution in [3.63, 3.8) is 0 Å². The van der Waals surface area contributed by atoms with Crippen molar-refractivity contribution >= 4 is 31.5 Å². The third-order valence-corrected chi connectivity index (χ3v) is 13.0. The molecule has 4 heteroatoms. The molecule has 0 N–H and O–H groups in total. The lowest BCUT2D eigenvalue weighted by molar-refractivity contribution is 0.660. The van der Waals surface area contributed by atoms with Crippen molar-refractivity contribution in [2.45, 2.75) is 19.3 Å². The molecule has 0 bridgehead atoms. The van der Waals surface area contributed by atoms with Gasteiger partial charge < -0.3 is 0 Å². The summed E-state index contributed by atoms with van der Waals surface area (Å²) in [4.78, 5) is 15.8. The summed E-state index contributed by atoms with van der Waals surface area (Å²) in [5, 5.41) is 2.60. The van der Waals surface area contributed by atoms with Crippen LogP contribution in [-0.4, -0.2) is 15.0 Å². The zero-order valence-electron chi connectivity index (χ0n) is 32.1. The number of hydrogen-bond donors (Lipinski definition) is 0. The molecule has 0 unspecified atom stereocenters. The monoisotopic (exact) mass is 759 g/mol. The Morgan fingerprint density at radius 1 is 0.362 bits per heavy atom. The normalized spacial score (nSPS) is 12.8. The van der Waals surface area contributed by atoms with Crippen molar-refractivity contribution in [1.29, 1.82) is 0 Å². The lowest BCUT2D eigenvalue weighted by atomic mass is 9.82. The van der Waals surface area contributed by atoms with Crippen LogP contribution >= 0.6 is 11.3 Å². The van der Waals surface area contributed by atoms with E-state index in [9.17, 15) is 0 Å². The molecule has 274 valence electrons. The van der Waals surface area contributed by atoms with Crippen molar-refractivity contribution in [1.82, 2.24) is 15.0 Å². The molecule has 3 nitrogen and oxygen atoms in total. The highest BCUT2D eigenvalue weighted by Gasteiger charge is 2.37. The molecule has 58 heavy (non-hydrogen) atoms. The molecule has 8 aromatic carbocycles. The molecule has 0 radical (unpaired) electrons. The summed E-state index contributed by atoms with van der Waals surface area (Å²) in [5.41, 5.74) is 14.8. The maximum atomic E-state index is 5.30. The fourth-order valence-electron chi connectivity index (χ4n) is 8.82. The molecule has 0 spiro atoms. The molecule has 10 aromatic rings. The first-order valence-corrected chi connectivity index (χ1v) is 20.6. The standard InChI is InChI=1S/C54H37N3S/c1-54(2)46-25-8-6-21-44(46)49-45(24-13-26-47(49)54)53-56-51(36-30-28-35(29-31-36)41-22-12-23-43-42-20-7-9-27-48(42)58-50(41)43)55-52(57-53)40-19-11-18-39(33-40)38-17-10-16-37(32-38)34-14-4-3-5-15-34/h3-33H,1-2H3. The Balaban J connectivity index is 1.06. The smallest absolute Gasteiger partial charge is 0.164 e. The van der Waals surface area contributed by atoms with Crippen LogP contribution in [0.4, 0.5) is 0 Å². The molecule has 0 saturated heterocycles. The minimum absolute atomic E-state index is 0.143. The number of thiophene rings is 1. The van der Waals surface area contributed by atoms with Gasteiger partial charge in [-0.2, -0.15) is 0 Å². The number of rotatable bonds is 6. The number of hydrogen-bond acceptors (Lipinski definition) is 4. The maximum absolute atomic E-state index is 5.30. The molecule has 2 heterocycles. The predicted molar refractivity (Wildman–Crippen MR) is 243 cm³/mol. The molecule has 0 amide bonds. The summed E-state index contributed by atoms with van der Waals surface area (Å²) >= 11 is 1.85. The minimum Gasteiger partial charge on any atom is -0.208 e. The summed E-state index contributed by atoms with van der Waals surface area (Å²) in [7, 11) is 0. The van der Waals surface area contributed by atoms with Gasteiger partial charge in [0.2, 0.25) is 0 Å². The van der Waals surface area contributed by atoms with Gasteiger partial charge in [0, 0.05) is 42.3 Å². The first kappa shape index (κ1) is 34.3. The van der Waals surface area contributed by atoms with E-state index in [0.717, 1.165) is 27.8 Å². The second-order valence-electron chi connectivity index (χ2n) is 15.6. The van der Waals surface area contributed by atoms with Crippen molar-refractivity contribution in [2.75, 3.05) is 0 Å². The summed E-state index contributed by atoms with van der Waals surface area (Å²) in [5.74, 6) is 1.95. The Hall–Kier alpha value is -7.01. The number of fused-ring (bicyclic) bond motifs is 6. The van der Waals surface area contributed by atoms with E-state index in [1.807, 2.05) is 11.3 Å². The molecule has 0 aliphatic heterocycles. The van der Waals surface area contributed by atoms with Crippen LogP contribution in [0, 0.1) is 0 Å². The SMILES string of the molecule is CC1(C)c2ccccc2-c2c(-c3nc(-c4ccc(-c5cccc6c5sc5ccccc56)cc4)nc(-c4cccc(-c5cccc(-c6ccccc6)c5)c4)n3)cccc21. The van der Waals surface area contributed by atoms with Gasteiger partial charge in [-0.25, -0.2) is 15.0 Å². The summed E-state index contributed by atoms with van der Waals surface area (Å²) in [6.07, 6.45) is 0. The van der Waals surface area contributed by atoms with E-state index < -0.39 is 0 Å². The highest BCUT2D eigenvalue weighted by atomic mass is 32.1. The van der Waals surface area contributed by atoms with Gasteiger partial charge in [-0.1, -0.05) is 184 Å². The molecule has 2 aromatic heterocycles. The van der Waals surface area contributed by atoms with Crippen molar-refractivity contribution in [3.05, 3.63) is 199 Å². The van der Waals surface area contributed by atoms with Crippen LogP contribution in [0.3, 0.4) is 0 Å². The van der Waals surface area contributed by atoms with E-state index >= 15 is 0 Å². The van der Waals surface area contributed by atoms with Crippen molar-refractivity contribution in [2.24, 2.45) is 0 Å². The Morgan fingerprint density at radius 2 is 0.879 bits per heavy atom. The topological polar surface area (TPSA) is 38.7 Å². The van der Waals surface area contributed by atoms with E-state index in [4.69, 9.17) is 15.0 Å². The Morgan fingerprint density at radius 3 is 1.69 bits per heavy atom. The van der Waals surface area contributed by atoms with E-state index in [-0.39, 0.29) is 5.41 Å². The number of aromatic nitrogens is 3. The maximum Gasteiger partial charge on any atom is 0.164 e. The molecular formula is C54H37N3S. The highest BCUT2D eigenvalue weighted by Crippen LogP contribution is 2.51. The second kappa shape index (κ2) is 13.6. The van der Waals surface area contributed by atoms with Gasteiger partial charge in [0.15, 0.2) is 17.5 Å². The first-order chi connectivity index (χ1) is 28.5. The van der Waals surface area contributed by atoms with E-state index in [1.165, 1.54) is 64.7 Å². The van der Waals surface area contributed by atoms with Gasteiger partial charge in [-0.3, -0.25) is 0 Å². The average molecular weight is 760 g/mol. The van der Waals surface area contributed by atoms with Crippen molar-refractivity contribution in [3.8, 4) is 78.7 Å². The average Bonchev–Trinajstić information content (AvgIpc) is 3.79. The predicted octanol–water partition coefficient (Wildman–Crippen LogP) is 14.5. The van der Waals surface area contributed by atoms with Gasteiger partial charge >= 0.3 is 0 Å². The third kappa shape index (κ3) is 5.68. The van der Waals surface area contributed by atoms with E-state index in [2.05, 4.69) is 202 Å². The van der Waals surface area contributed by atoms with Crippen LogP contribution in [-0.2, 0) is 5.41 Å². The molecule has 0 fully saturated rings. The van der Waals surface area contributed by atoms with Gasteiger partial charge in [0.25, 0.3) is 0 Å².